The molecule has 2 aromatic carbocycles. The van der Waals surface area contributed by atoms with Crippen molar-refractivity contribution in [1.82, 2.24) is 0 Å². The molecule has 0 fully saturated rings. The van der Waals surface area contributed by atoms with Crippen LogP contribution in [0.1, 0.15) is 21.5 Å². The van der Waals surface area contributed by atoms with Crippen LogP contribution in [0, 0.1) is 13.8 Å². The number of hydrogen-bond donors (Lipinski definition) is 1. The SMILES string of the molecule is Cc1cccc(NC(=O)c2ccc(C)cc2Br)c1. The van der Waals surface area contributed by atoms with Crippen LogP contribution in [0.4, 0.5) is 5.69 Å². The topological polar surface area (TPSA) is 29.1 Å². The molecule has 1 amide bonds. The quantitative estimate of drug-likeness (QED) is 0.879. The molecule has 3 heteroatoms. The molecule has 18 heavy (non-hydrogen) atoms. The summed E-state index contributed by atoms with van der Waals surface area (Å²) >= 11 is 3.41. The number of aryl methyl sites for hydroxylation is 2. The summed E-state index contributed by atoms with van der Waals surface area (Å²) in [6.07, 6.45) is 0. The van der Waals surface area contributed by atoms with Gasteiger partial charge in [-0.3, -0.25) is 4.79 Å². The summed E-state index contributed by atoms with van der Waals surface area (Å²) in [5.41, 5.74) is 3.69. The molecular weight excluding hydrogens is 290 g/mol. The number of amides is 1. The van der Waals surface area contributed by atoms with Crippen LogP contribution in [0.25, 0.3) is 0 Å². The minimum absolute atomic E-state index is 0.104. The summed E-state index contributed by atoms with van der Waals surface area (Å²) in [6, 6.07) is 13.4. The fraction of sp³-hybridized carbons (Fsp3) is 0.133. The lowest BCUT2D eigenvalue weighted by Crippen LogP contribution is -2.12. The molecule has 0 heterocycles. The molecule has 0 aliphatic carbocycles. The summed E-state index contributed by atoms with van der Waals surface area (Å²) < 4.78 is 0.813. The smallest absolute Gasteiger partial charge is 0.256 e. The molecule has 0 aromatic heterocycles. The van der Waals surface area contributed by atoms with Crippen LogP contribution in [-0.2, 0) is 0 Å². The third-order valence-electron chi connectivity index (χ3n) is 2.65. The maximum atomic E-state index is 12.1. The van der Waals surface area contributed by atoms with Gasteiger partial charge in [-0.25, -0.2) is 0 Å². The van der Waals surface area contributed by atoms with E-state index in [4.69, 9.17) is 0 Å². The molecule has 0 saturated heterocycles. The van der Waals surface area contributed by atoms with Gasteiger partial charge in [-0.2, -0.15) is 0 Å². The average molecular weight is 304 g/mol. The molecule has 2 nitrogen and oxygen atoms in total. The van der Waals surface area contributed by atoms with Crippen LogP contribution in [-0.4, -0.2) is 5.91 Å². The van der Waals surface area contributed by atoms with E-state index in [-0.39, 0.29) is 5.91 Å². The van der Waals surface area contributed by atoms with E-state index >= 15 is 0 Å². The zero-order valence-corrected chi connectivity index (χ0v) is 11.9. The Kier molecular flexibility index (Phi) is 3.82. The van der Waals surface area contributed by atoms with Crippen molar-refractivity contribution in [2.24, 2.45) is 0 Å². The Hall–Kier alpha value is -1.61. The summed E-state index contributed by atoms with van der Waals surface area (Å²) in [7, 11) is 0. The number of nitrogens with one attached hydrogen (secondary N) is 1. The Morgan fingerprint density at radius 1 is 1.06 bits per heavy atom. The van der Waals surface area contributed by atoms with Gasteiger partial charge in [0.2, 0.25) is 0 Å². The van der Waals surface area contributed by atoms with Crippen molar-refractivity contribution >= 4 is 27.5 Å². The summed E-state index contributed by atoms with van der Waals surface area (Å²) in [4.78, 5) is 12.1. The Bertz CT molecular complexity index is 593. The summed E-state index contributed by atoms with van der Waals surface area (Å²) in [5.74, 6) is -0.104. The third kappa shape index (κ3) is 2.99. The molecule has 0 unspecified atom stereocenters. The lowest BCUT2D eigenvalue weighted by molar-refractivity contribution is 0.102. The van der Waals surface area contributed by atoms with Gasteiger partial charge in [0, 0.05) is 10.2 Å². The van der Waals surface area contributed by atoms with E-state index < -0.39 is 0 Å². The average Bonchev–Trinajstić information content (AvgIpc) is 2.28. The van der Waals surface area contributed by atoms with Gasteiger partial charge in [-0.05, 0) is 65.2 Å². The Morgan fingerprint density at radius 3 is 2.44 bits per heavy atom. The molecule has 2 aromatic rings. The van der Waals surface area contributed by atoms with Crippen LogP contribution in [0.2, 0.25) is 0 Å². The van der Waals surface area contributed by atoms with Crippen LogP contribution in [0.5, 0.6) is 0 Å². The number of anilines is 1. The minimum atomic E-state index is -0.104. The lowest BCUT2D eigenvalue weighted by Gasteiger charge is -2.08. The first kappa shape index (κ1) is 12.8. The molecule has 92 valence electrons. The van der Waals surface area contributed by atoms with E-state index in [0.717, 1.165) is 21.3 Å². The highest BCUT2D eigenvalue weighted by Crippen LogP contribution is 2.20. The van der Waals surface area contributed by atoms with Crippen molar-refractivity contribution in [2.45, 2.75) is 13.8 Å². The molecule has 0 saturated carbocycles. The Labute approximate surface area is 115 Å². The Morgan fingerprint density at radius 2 is 1.78 bits per heavy atom. The number of halogens is 1. The summed E-state index contributed by atoms with van der Waals surface area (Å²) in [5, 5.41) is 2.89. The summed E-state index contributed by atoms with van der Waals surface area (Å²) in [6.45, 7) is 3.99. The first-order chi connectivity index (χ1) is 8.56. The largest absolute Gasteiger partial charge is 0.322 e. The maximum absolute atomic E-state index is 12.1. The molecule has 0 spiro atoms. The molecule has 0 atom stereocenters. The molecule has 0 bridgehead atoms. The van der Waals surface area contributed by atoms with Gasteiger partial charge in [0.1, 0.15) is 0 Å². The number of carbonyl (C=O) groups excluding carboxylic acids is 1. The molecule has 0 radical (unpaired) electrons. The van der Waals surface area contributed by atoms with Gasteiger partial charge in [0.25, 0.3) is 5.91 Å². The second-order valence-electron chi connectivity index (χ2n) is 4.31. The molecule has 0 aliphatic rings. The van der Waals surface area contributed by atoms with E-state index in [1.165, 1.54) is 0 Å². The van der Waals surface area contributed by atoms with E-state index in [0.29, 0.717) is 5.56 Å². The van der Waals surface area contributed by atoms with Crippen molar-refractivity contribution in [3.8, 4) is 0 Å². The van der Waals surface area contributed by atoms with Gasteiger partial charge < -0.3 is 5.32 Å². The van der Waals surface area contributed by atoms with Gasteiger partial charge in [-0.15, -0.1) is 0 Å². The van der Waals surface area contributed by atoms with Crippen LogP contribution in [0.3, 0.4) is 0 Å². The van der Waals surface area contributed by atoms with Gasteiger partial charge in [-0.1, -0.05) is 18.2 Å². The first-order valence-electron chi connectivity index (χ1n) is 5.70. The van der Waals surface area contributed by atoms with Crippen molar-refractivity contribution in [2.75, 3.05) is 5.32 Å². The number of rotatable bonds is 2. The van der Waals surface area contributed by atoms with E-state index in [1.54, 1.807) is 0 Å². The molecular formula is C15H14BrNO. The first-order valence-corrected chi connectivity index (χ1v) is 6.50. The van der Waals surface area contributed by atoms with Crippen LogP contribution < -0.4 is 5.32 Å². The maximum Gasteiger partial charge on any atom is 0.256 e. The minimum Gasteiger partial charge on any atom is -0.322 e. The normalized spacial score (nSPS) is 10.2. The predicted octanol–water partition coefficient (Wildman–Crippen LogP) is 4.32. The van der Waals surface area contributed by atoms with Gasteiger partial charge in [0.05, 0.1) is 5.56 Å². The molecule has 0 aliphatic heterocycles. The van der Waals surface area contributed by atoms with Crippen molar-refractivity contribution < 1.29 is 4.79 Å². The second kappa shape index (κ2) is 5.36. The fourth-order valence-corrected chi connectivity index (χ4v) is 2.40. The van der Waals surface area contributed by atoms with Crippen molar-refractivity contribution in [3.63, 3.8) is 0 Å². The predicted molar refractivity (Wildman–Crippen MR) is 78.0 cm³/mol. The highest BCUT2D eigenvalue weighted by Gasteiger charge is 2.10. The molecule has 1 N–H and O–H groups in total. The van der Waals surface area contributed by atoms with Gasteiger partial charge in [0.15, 0.2) is 0 Å². The zero-order valence-electron chi connectivity index (χ0n) is 10.3. The second-order valence-corrected chi connectivity index (χ2v) is 5.16. The van der Waals surface area contributed by atoms with Crippen LogP contribution >= 0.6 is 15.9 Å². The van der Waals surface area contributed by atoms with Crippen LogP contribution in [0.15, 0.2) is 46.9 Å². The van der Waals surface area contributed by atoms with Crippen molar-refractivity contribution in [3.05, 3.63) is 63.6 Å². The van der Waals surface area contributed by atoms with E-state index in [1.807, 2.05) is 56.3 Å². The third-order valence-corrected chi connectivity index (χ3v) is 3.30. The van der Waals surface area contributed by atoms with E-state index in [9.17, 15) is 4.79 Å². The molecule has 2 rings (SSSR count). The Balaban J connectivity index is 2.22. The van der Waals surface area contributed by atoms with Crippen molar-refractivity contribution in [1.29, 1.82) is 0 Å². The number of carbonyl (C=O) groups is 1. The lowest BCUT2D eigenvalue weighted by atomic mass is 10.1. The number of benzene rings is 2. The van der Waals surface area contributed by atoms with Gasteiger partial charge >= 0.3 is 0 Å². The highest BCUT2D eigenvalue weighted by molar-refractivity contribution is 9.10. The number of hydrogen-bond acceptors (Lipinski definition) is 1. The monoisotopic (exact) mass is 303 g/mol. The fourth-order valence-electron chi connectivity index (χ4n) is 1.73. The van der Waals surface area contributed by atoms with E-state index in [2.05, 4.69) is 21.2 Å². The zero-order chi connectivity index (χ0) is 13.1. The standard InChI is InChI=1S/C15H14BrNO/c1-10-4-3-5-12(8-10)17-15(18)13-7-6-11(2)9-14(13)16/h3-9H,1-2H3,(H,17,18). The highest BCUT2D eigenvalue weighted by atomic mass is 79.9.